The maximum atomic E-state index is 11.9. The summed E-state index contributed by atoms with van der Waals surface area (Å²) in [4.78, 5) is 18.8. The summed E-state index contributed by atoms with van der Waals surface area (Å²) in [6.07, 6.45) is 3.09. The molecule has 1 atom stereocenters. The molecule has 0 radical (unpaired) electrons. The molecule has 0 saturated carbocycles. The van der Waals surface area contributed by atoms with Gasteiger partial charge < -0.3 is 9.47 Å². The lowest BCUT2D eigenvalue weighted by Crippen LogP contribution is -2.26. The summed E-state index contributed by atoms with van der Waals surface area (Å²) in [5, 5.41) is 2.43. The van der Waals surface area contributed by atoms with Crippen molar-refractivity contribution in [2.75, 3.05) is 24.3 Å². The fraction of sp³-hybridized carbons (Fsp3) is 0.286. The largest absolute Gasteiger partial charge is 0.466 e. The van der Waals surface area contributed by atoms with Crippen LogP contribution >= 0.6 is 23.1 Å². The van der Waals surface area contributed by atoms with Crippen molar-refractivity contribution in [3.8, 4) is 5.19 Å². The van der Waals surface area contributed by atoms with Gasteiger partial charge in [0.2, 0.25) is 0 Å². The zero-order valence-electron chi connectivity index (χ0n) is 11.4. The summed E-state index contributed by atoms with van der Waals surface area (Å²) >= 11 is 3.09. The van der Waals surface area contributed by atoms with Gasteiger partial charge in [0, 0.05) is 22.2 Å². The average molecular weight is 322 g/mol. The first kappa shape index (κ1) is 14.2. The smallest absolute Gasteiger partial charge is 0.414 e. The van der Waals surface area contributed by atoms with Gasteiger partial charge in [0.1, 0.15) is 6.61 Å². The van der Waals surface area contributed by atoms with Gasteiger partial charge in [-0.05, 0) is 30.5 Å². The van der Waals surface area contributed by atoms with Crippen LogP contribution in [-0.4, -0.2) is 36.6 Å². The maximum Gasteiger partial charge on any atom is 0.414 e. The van der Waals surface area contributed by atoms with Crippen LogP contribution in [0.4, 0.5) is 10.5 Å². The van der Waals surface area contributed by atoms with E-state index in [0.29, 0.717) is 18.3 Å². The monoisotopic (exact) mass is 322 g/mol. The number of thioether (sulfide) groups is 1. The van der Waals surface area contributed by atoms with Gasteiger partial charge in [-0.15, -0.1) is 11.8 Å². The molecule has 1 amide bonds. The number of nitrogens with zero attached hydrogens (tertiary/aromatic N) is 2. The van der Waals surface area contributed by atoms with Crippen LogP contribution in [0.2, 0.25) is 0 Å². The number of aromatic nitrogens is 1. The van der Waals surface area contributed by atoms with Crippen molar-refractivity contribution >= 4 is 34.9 Å². The number of thiazole rings is 1. The number of cyclic esters (lactones) is 1. The predicted octanol–water partition coefficient (Wildman–Crippen LogP) is 3.27. The zero-order chi connectivity index (χ0) is 14.7. The SMILES string of the molecule is CSc1ccc(N2C[C@H](COc3nccs3)OC2=O)cc1. The lowest BCUT2D eigenvalue weighted by atomic mass is 10.3. The van der Waals surface area contributed by atoms with Crippen molar-refractivity contribution in [3.05, 3.63) is 35.8 Å². The van der Waals surface area contributed by atoms with Crippen LogP contribution in [-0.2, 0) is 4.74 Å². The van der Waals surface area contributed by atoms with Gasteiger partial charge in [-0.3, -0.25) is 4.90 Å². The molecule has 1 aliphatic rings. The summed E-state index contributed by atoms with van der Waals surface area (Å²) in [6, 6.07) is 7.84. The van der Waals surface area contributed by atoms with Crippen LogP contribution in [0.25, 0.3) is 0 Å². The van der Waals surface area contributed by atoms with Crippen molar-refractivity contribution in [3.63, 3.8) is 0 Å². The molecule has 1 fully saturated rings. The first-order chi connectivity index (χ1) is 10.3. The van der Waals surface area contributed by atoms with Crippen LogP contribution in [0, 0.1) is 0 Å². The fourth-order valence-electron chi connectivity index (χ4n) is 2.03. The third-order valence-corrected chi connectivity index (χ3v) is 4.49. The van der Waals surface area contributed by atoms with E-state index in [1.54, 1.807) is 22.9 Å². The highest BCUT2D eigenvalue weighted by Gasteiger charge is 2.32. The molecule has 0 spiro atoms. The summed E-state index contributed by atoms with van der Waals surface area (Å²) in [7, 11) is 0. The molecular formula is C14H14N2O3S2. The van der Waals surface area contributed by atoms with Crippen molar-refractivity contribution in [2.45, 2.75) is 11.0 Å². The number of carbonyl (C=O) groups excluding carboxylic acids is 1. The predicted molar refractivity (Wildman–Crippen MR) is 83.4 cm³/mol. The van der Waals surface area contributed by atoms with Crippen molar-refractivity contribution < 1.29 is 14.3 Å². The molecular weight excluding hydrogens is 308 g/mol. The Morgan fingerprint density at radius 1 is 1.48 bits per heavy atom. The van der Waals surface area contributed by atoms with E-state index in [2.05, 4.69) is 4.98 Å². The fourth-order valence-corrected chi connectivity index (χ4v) is 2.93. The molecule has 0 N–H and O–H groups in total. The van der Waals surface area contributed by atoms with Gasteiger partial charge in [-0.25, -0.2) is 9.78 Å². The van der Waals surface area contributed by atoms with Crippen LogP contribution in [0.1, 0.15) is 0 Å². The highest BCUT2D eigenvalue weighted by molar-refractivity contribution is 7.98. The average Bonchev–Trinajstić information content (AvgIpc) is 3.15. The third kappa shape index (κ3) is 3.30. The van der Waals surface area contributed by atoms with Crippen LogP contribution in [0.5, 0.6) is 5.19 Å². The molecule has 3 rings (SSSR count). The minimum absolute atomic E-state index is 0.276. The van der Waals surface area contributed by atoms with Gasteiger partial charge in [0.15, 0.2) is 6.10 Å². The molecule has 21 heavy (non-hydrogen) atoms. The van der Waals surface area contributed by atoms with E-state index in [1.807, 2.05) is 35.9 Å². The first-order valence-corrected chi connectivity index (χ1v) is 8.51. The Morgan fingerprint density at radius 2 is 2.29 bits per heavy atom. The molecule has 110 valence electrons. The molecule has 0 unspecified atom stereocenters. The van der Waals surface area contributed by atoms with Crippen LogP contribution < -0.4 is 9.64 Å². The van der Waals surface area contributed by atoms with Crippen molar-refractivity contribution in [1.29, 1.82) is 0 Å². The summed E-state index contributed by atoms with van der Waals surface area (Å²) in [5.74, 6) is 0. The number of hydrogen-bond donors (Lipinski definition) is 0. The molecule has 1 aliphatic heterocycles. The molecule has 2 aromatic rings. The second-order valence-electron chi connectivity index (χ2n) is 4.42. The summed E-state index contributed by atoms with van der Waals surface area (Å²) in [6.45, 7) is 0.807. The molecule has 1 saturated heterocycles. The second-order valence-corrected chi connectivity index (χ2v) is 6.16. The van der Waals surface area contributed by atoms with E-state index >= 15 is 0 Å². The van der Waals surface area contributed by atoms with E-state index in [9.17, 15) is 4.79 Å². The lowest BCUT2D eigenvalue weighted by Gasteiger charge is -2.13. The standard InChI is InChI=1S/C14H14N2O3S2/c1-20-12-4-2-10(3-5-12)16-8-11(19-14(16)17)9-18-13-15-6-7-21-13/h2-7,11H,8-9H2,1H3/t11-/m1/s1. The number of amides is 1. The van der Waals surface area contributed by atoms with Gasteiger partial charge in [-0.2, -0.15) is 0 Å². The van der Waals surface area contributed by atoms with Gasteiger partial charge in [0.25, 0.3) is 5.19 Å². The quantitative estimate of drug-likeness (QED) is 0.791. The molecule has 0 aliphatic carbocycles. The minimum Gasteiger partial charge on any atom is -0.466 e. The molecule has 2 heterocycles. The highest BCUT2D eigenvalue weighted by atomic mass is 32.2. The molecule has 1 aromatic heterocycles. The highest BCUT2D eigenvalue weighted by Crippen LogP contribution is 2.25. The number of hydrogen-bond acceptors (Lipinski definition) is 6. The Balaban J connectivity index is 1.61. The lowest BCUT2D eigenvalue weighted by molar-refractivity contribution is 0.105. The number of ether oxygens (including phenoxy) is 2. The van der Waals surface area contributed by atoms with Crippen molar-refractivity contribution in [2.24, 2.45) is 0 Å². The molecule has 0 bridgehead atoms. The number of rotatable bonds is 5. The Morgan fingerprint density at radius 3 is 2.95 bits per heavy atom. The molecule has 5 nitrogen and oxygen atoms in total. The number of benzene rings is 1. The third-order valence-electron chi connectivity index (χ3n) is 3.06. The van der Waals surface area contributed by atoms with E-state index < -0.39 is 0 Å². The van der Waals surface area contributed by atoms with E-state index in [-0.39, 0.29) is 12.2 Å². The van der Waals surface area contributed by atoms with Gasteiger partial charge in [0.05, 0.1) is 6.54 Å². The number of anilines is 1. The topological polar surface area (TPSA) is 51.7 Å². The Labute approximate surface area is 130 Å². The summed E-state index contributed by atoms with van der Waals surface area (Å²) in [5.41, 5.74) is 0.842. The second kappa shape index (κ2) is 6.36. The van der Waals surface area contributed by atoms with Crippen LogP contribution in [0.15, 0.2) is 40.7 Å². The van der Waals surface area contributed by atoms with E-state index in [1.165, 1.54) is 11.3 Å². The van der Waals surface area contributed by atoms with E-state index in [0.717, 1.165) is 10.6 Å². The Bertz CT molecular complexity index is 601. The van der Waals surface area contributed by atoms with Gasteiger partial charge >= 0.3 is 6.09 Å². The molecule has 1 aromatic carbocycles. The normalized spacial score (nSPS) is 17.9. The first-order valence-electron chi connectivity index (χ1n) is 6.41. The minimum atomic E-state index is -0.334. The zero-order valence-corrected chi connectivity index (χ0v) is 13.0. The molecule has 7 heteroatoms. The Kier molecular flexibility index (Phi) is 4.31. The Hall–Kier alpha value is -1.73. The van der Waals surface area contributed by atoms with E-state index in [4.69, 9.17) is 9.47 Å². The number of carbonyl (C=O) groups is 1. The van der Waals surface area contributed by atoms with Crippen LogP contribution in [0.3, 0.4) is 0 Å². The van der Waals surface area contributed by atoms with Crippen molar-refractivity contribution in [1.82, 2.24) is 4.98 Å². The summed E-state index contributed by atoms with van der Waals surface area (Å²) < 4.78 is 10.8. The van der Waals surface area contributed by atoms with Gasteiger partial charge in [-0.1, -0.05) is 11.3 Å². The maximum absolute atomic E-state index is 11.9.